The molecule has 1 heteroatoms. The molecule has 0 unspecified atom stereocenters. The number of likely N-dealkylation sites (N-methyl/N-ethyl adjacent to an activating group) is 1. The fourth-order valence-electron chi connectivity index (χ4n) is 2.86. The maximum atomic E-state index is 3.88. The van der Waals surface area contributed by atoms with Crippen LogP contribution in [-0.4, -0.2) is 31.2 Å². The quantitative estimate of drug-likeness (QED) is 0.204. The molecular formula is C19H38N+. The Bertz CT molecular complexity index is 222. The van der Waals surface area contributed by atoms with Crippen LogP contribution in [0.1, 0.15) is 71.1 Å². The largest absolute Gasteiger partial charge is 0.320 e. The molecule has 0 saturated carbocycles. The highest BCUT2D eigenvalue weighted by molar-refractivity contribution is 4.71. The summed E-state index contributed by atoms with van der Waals surface area (Å²) in [6.45, 7) is 13.4. The van der Waals surface area contributed by atoms with E-state index in [9.17, 15) is 0 Å². The molecule has 0 fully saturated rings. The van der Waals surface area contributed by atoms with Gasteiger partial charge in [-0.05, 0) is 25.0 Å². The molecule has 118 valence electrons. The molecule has 0 aromatic heterocycles. The first-order valence-electron chi connectivity index (χ1n) is 8.74. The van der Waals surface area contributed by atoms with Crippen molar-refractivity contribution in [2.45, 2.75) is 71.1 Å². The second kappa shape index (κ2) is 13.4. The number of rotatable bonds is 15. The highest BCUT2D eigenvalue weighted by Gasteiger charge is 2.16. The minimum Gasteiger partial charge on any atom is -0.320 e. The van der Waals surface area contributed by atoms with E-state index in [1.165, 1.54) is 70.8 Å². The van der Waals surface area contributed by atoms with Gasteiger partial charge in [-0.1, -0.05) is 71.4 Å². The van der Waals surface area contributed by atoms with E-state index in [4.69, 9.17) is 0 Å². The molecule has 0 spiro atoms. The molecule has 0 aliphatic carbocycles. The van der Waals surface area contributed by atoms with Crippen LogP contribution >= 0.6 is 0 Å². The molecule has 0 amide bonds. The fourth-order valence-corrected chi connectivity index (χ4v) is 2.86. The van der Waals surface area contributed by atoms with Gasteiger partial charge in [0.25, 0.3) is 0 Å². The summed E-state index contributed by atoms with van der Waals surface area (Å²) < 4.78 is 1.07. The lowest BCUT2D eigenvalue weighted by Crippen LogP contribution is -2.44. The second-order valence-electron chi connectivity index (χ2n) is 6.47. The predicted molar refractivity (Wildman–Crippen MR) is 93.0 cm³/mol. The van der Waals surface area contributed by atoms with E-state index in [1.807, 2.05) is 12.2 Å². The number of quaternary nitrogens is 1. The Morgan fingerprint density at radius 3 is 1.50 bits per heavy atom. The maximum Gasteiger partial charge on any atom is 0.0971 e. The number of unbranched alkanes of at least 4 members (excludes halogenated alkanes) is 9. The van der Waals surface area contributed by atoms with Gasteiger partial charge < -0.3 is 4.48 Å². The average molecular weight is 281 g/mol. The molecule has 0 radical (unpaired) electrons. The normalized spacial score (nSPS) is 11.5. The summed E-state index contributed by atoms with van der Waals surface area (Å²) >= 11 is 0. The van der Waals surface area contributed by atoms with Crippen LogP contribution in [-0.2, 0) is 0 Å². The van der Waals surface area contributed by atoms with E-state index in [2.05, 4.69) is 27.1 Å². The summed E-state index contributed by atoms with van der Waals surface area (Å²) in [5, 5.41) is 0. The Hall–Kier alpha value is -0.560. The zero-order chi connectivity index (χ0) is 15.1. The van der Waals surface area contributed by atoms with Crippen LogP contribution in [0.25, 0.3) is 0 Å². The average Bonchev–Trinajstić information content (AvgIpc) is 2.41. The van der Waals surface area contributed by atoms with Gasteiger partial charge in [-0.15, -0.1) is 0 Å². The van der Waals surface area contributed by atoms with Crippen LogP contribution < -0.4 is 0 Å². The Balaban J connectivity index is 3.45. The minimum absolute atomic E-state index is 1.06. The first kappa shape index (κ1) is 19.4. The SMILES string of the molecule is C=CC[N+](C)(CC=C)CCCCCCCCCCCC. The molecular weight excluding hydrogens is 242 g/mol. The molecule has 1 nitrogen and oxygen atoms in total. The van der Waals surface area contributed by atoms with Gasteiger partial charge >= 0.3 is 0 Å². The van der Waals surface area contributed by atoms with Crippen molar-refractivity contribution in [3.63, 3.8) is 0 Å². The van der Waals surface area contributed by atoms with Gasteiger partial charge in [0.05, 0.1) is 26.7 Å². The van der Waals surface area contributed by atoms with Crippen molar-refractivity contribution in [1.82, 2.24) is 0 Å². The topological polar surface area (TPSA) is 0 Å². The standard InChI is InChI=1S/C19H38N/c1-5-8-9-10-11-12-13-14-15-16-19-20(4,17-6-2)18-7-3/h6-7H,2-3,5,8-19H2,1,4H3/q+1. The molecule has 0 atom stereocenters. The maximum absolute atomic E-state index is 3.88. The van der Waals surface area contributed by atoms with Crippen LogP contribution in [0.15, 0.2) is 25.3 Å². The Morgan fingerprint density at radius 2 is 1.10 bits per heavy atom. The molecule has 0 aliphatic rings. The lowest BCUT2D eigenvalue weighted by atomic mass is 10.1. The lowest BCUT2D eigenvalue weighted by Gasteiger charge is -2.32. The molecule has 0 rings (SSSR count). The molecule has 0 N–H and O–H groups in total. The first-order valence-corrected chi connectivity index (χ1v) is 8.74. The molecule has 0 aromatic carbocycles. The summed E-state index contributed by atoms with van der Waals surface area (Å²) in [4.78, 5) is 0. The summed E-state index contributed by atoms with van der Waals surface area (Å²) in [6.07, 6.45) is 18.2. The Kier molecular flexibility index (Phi) is 13.0. The molecule has 0 aromatic rings. The molecule has 0 saturated heterocycles. The van der Waals surface area contributed by atoms with Gasteiger partial charge in [-0.25, -0.2) is 0 Å². The van der Waals surface area contributed by atoms with Crippen LogP contribution in [0.3, 0.4) is 0 Å². The highest BCUT2D eigenvalue weighted by atomic mass is 15.3. The molecule has 0 bridgehead atoms. The van der Waals surface area contributed by atoms with E-state index in [1.54, 1.807) is 0 Å². The van der Waals surface area contributed by atoms with Crippen LogP contribution in [0.5, 0.6) is 0 Å². The zero-order valence-electron chi connectivity index (χ0n) is 14.2. The van der Waals surface area contributed by atoms with Gasteiger partial charge in [0, 0.05) is 0 Å². The summed E-state index contributed by atoms with van der Waals surface area (Å²) in [6, 6.07) is 0. The van der Waals surface area contributed by atoms with Gasteiger partial charge in [0.1, 0.15) is 0 Å². The van der Waals surface area contributed by atoms with E-state index in [-0.39, 0.29) is 0 Å². The fraction of sp³-hybridized carbons (Fsp3) is 0.789. The smallest absolute Gasteiger partial charge is 0.0971 e. The summed E-state index contributed by atoms with van der Waals surface area (Å²) in [5.74, 6) is 0. The van der Waals surface area contributed by atoms with Crippen LogP contribution in [0.4, 0.5) is 0 Å². The molecule has 20 heavy (non-hydrogen) atoms. The third-order valence-electron chi connectivity index (χ3n) is 4.19. The third-order valence-corrected chi connectivity index (χ3v) is 4.19. The lowest BCUT2D eigenvalue weighted by molar-refractivity contribution is -0.898. The van der Waals surface area contributed by atoms with Crippen LogP contribution in [0, 0.1) is 0 Å². The summed E-state index contributed by atoms with van der Waals surface area (Å²) in [5.41, 5.74) is 0. The summed E-state index contributed by atoms with van der Waals surface area (Å²) in [7, 11) is 2.32. The molecule has 0 aliphatic heterocycles. The van der Waals surface area contributed by atoms with E-state index < -0.39 is 0 Å². The monoisotopic (exact) mass is 280 g/mol. The Morgan fingerprint density at radius 1 is 0.700 bits per heavy atom. The van der Waals surface area contributed by atoms with Crippen molar-refractivity contribution in [1.29, 1.82) is 0 Å². The minimum atomic E-state index is 1.06. The van der Waals surface area contributed by atoms with Gasteiger partial charge in [-0.3, -0.25) is 0 Å². The highest BCUT2D eigenvalue weighted by Crippen LogP contribution is 2.12. The van der Waals surface area contributed by atoms with E-state index >= 15 is 0 Å². The number of hydrogen-bond acceptors (Lipinski definition) is 0. The van der Waals surface area contributed by atoms with Crippen molar-refractivity contribution in [3.8, 4) is 0 Å². The van der Waals surface area contributed by atoms with Crippen molar-refractivity contribution in [3.05, 3.63) is 25.3 Å². The van der Waals surface area contributed by atoms with Crippen molar-refractivity contribution in [2.75, 3.05) is 26.7 Å². The van der Waals surface area contributed by atoms with Gasteiger partial charge in [0.2, 0.25) is 0 Å². The van der Waals surface area contributed by atoms with Crippen molar-refractivity contribution in [2.24, 2.45) is 0 Å². The number of hydrogen-bond donors (Lipinski definition) is 0. The van der Waals surface area contributed by atoms with Crippen molar-refractivity contribution < 1.29 is 4.48 Å². The van der Waals surface area contributed by atoms with Crippen LogP contribution in [0.2, 0.25) is 0 Å². The zero-order valence-corrected chi connectivity index (χ0v) is 14.2. The predicted octanol–water partition coefficient (Wildman–Crippen LogP) is 5.73. The first-order chi connectivity index (χ1) is 9.68. The molecule has 0 heterocycles. The van der Waals surface area contributed by atoms with E-state index in [0.29, 0.717) is 0 Å². The van der Waals surface area contributed by atoms with Gasteiger partial charge in [-0.2, -0.15) is 0 Å². The number of nitrogens with zero attached hydrogens (tertiary/aromatic N) is 1. The third kappa shape index (κ3) is 11.3. The Labute approximate surface area is 128 Å². The van der Waals surface area contributed by atoms with E-state index in [0.717, 1.165) is 17.6 Å². The second-order valence-corrected chi connectivity index (χ2v) is 6.47. The van der Waals surface area contributed by atoms with Gasteiger partial charge in [0.15, 0.2) is 0 Å². The van der Waals surface area contributed by atoms with Crippen molar-refractivity contribution >= 4 is 0 Å².